The van der Waals surface area contributed by atoms with Crippen molar-refractivity contribution >= 4 is 23.2 Å². The number of carbonyl (C=O) groups excluding carboxylic acids is 2. The van der Waals surface area contributed by atoms with Crippen LogP contribution in [0.3, 0.4) is 0 Å². The van der Waals surface area contributed by atoms with E-state index in [0.29, 0.717) is 36.6 Å². The number of nitrogens with one attached hydrogen (secondary N) is 2. The van der Waals surface area contributed by atoms with Gasteiger partial charge in [-0.15, -0.1) is 4.99 Å². The number of piperidine rings is 1. The van der Waals surface area contributed by atoms with Crippen molar-refractivity contribution in [2.45, 2.75) is 25.8 Å². The van der Waals surface area contributed by atoms with Gasteiger partial charge in [-0.05, 0) is 55.1 Å². The molecule has 0 aromatic heterocycles. The van der Waals surface area contributed by atoms with Gasteiger partial charge in [0.1, 0.15) is 0 Å². The molecule has 1 unspecified atom stereocenters. The second-order valence-electron chi connectivity index (χ2n) is 8.70. The maximum absolute atomic E-state index is 13.6. The van der Waals surface area contributed by atoms with Gasteiger partial charge in [0.05, 0.1) is 23.6 Å². The van der Waals surface area contributed by atoms with E-state index in [1.807, 2.05) is 25.1 Å². The number of aryl methyl sites for hydroxylation is 1. The van der Waals surface area contributed by atoms with E-state index in [1.54, 1.807) is 26.4 Å². The molecule has 2 aliphatic rings. The molecule has 1 fully saturated rings. The quantitative estimate of drug-likeness (QED) is 0.197. The Labute approximate surface area is 199 Å². The molecule has 0 radical (unpaired) electrons. The fourth-order valence-corrected chi connectivity index (χ4v) is 4.57. The van der Waals surface area contributed by atoms with Gasteiger partial charge in [0.2, 0.25) is 12.2 Å². The van der Waals surface area contributed by atoms with Gasteiger partial charge in [0, 0.05) is 33.1 Å². The third kappa shape index (κ3) is 5.32. The van der Waals surface area contributed by atoms with Crippen molar-refractivity contribution in [3.05, 3.63) is 41.0 Å². The second kappa shape index (κ2) is 11.0. The minimum absolute atomic E-state index is 0.0752. The van der Waals surface area contributed by atoms with E-state index in [1.165, 1.54) is 4.90 Å². The predicted octanol–water partition coefficient (Wildman–Crippen LogP) is 1.02. The van der Waals surface area contributed by atoms with Crippen molar-refractivity contribution in [2.24, 2.45) is 16.8 Å². The van der Waals surface area contributed by atoms with Crippen LogP contribution in [0.4, 0.5) is 0 Å². The second-order valence-corrected chi connectivity index (χ2v) is 8.70. The van der Waals surface area contributed by atoms with Gasteiger partial charge in [-0.2, -0.15) is 15.6 Å². The highest BCUT2D eigenvalue weighted by Gasteiger charge is 2.42. The number of rotatable bonds is 4. The number of hydrogen-bond donors (Lipinski definition) is 3. The number of amides is 1. The van der Waals surface area contributed by atoms with Crippen molar-refractivity contribution in [2.75, 3.05) is 33.7 Å². The molecule has 10 nitrogen and oxygen atoms in total. The highest BCUT2D eigenvalue weighted by Crippen LogP contribution is 2.30. The molecule has 2 aliphatic heterocycles. The molecule has 1 aromatic carbocycles. The van der Waals surface area contributed by atoms with Crippen LogP contribution in [0.1, 0.15) is 29.5 Å². The minimum atomic E-state index is -0.789. The summed E-state index contributed by atoms with van der Waals surface area (Å²) in [5, 5.41) is 35.2. The number of hydroxylamine groups is 2. The SMILES string of the molecule is Cc1cc(C#N)ccc1C1=CCNC(C(=O)[C@H]2CCNC[C@@H]2C(=O)N(O)C(=NC#N)N(C)C)C1. The Balaban J connectivity index is 1.79. The van der Waals surface area contributed by atoms with Crippen LogP contribution < -0.4 is 10.6 Å². The highest BCUT2D eigenvalue weighted by molar-refractivity contribution is 6.00. The van der Waals surface area contributed by atoms with Gasteiger partial charge < -0.3 is 15.5 Å². The van der Waals surface area contributed by atoms with E-state index in [9.17, 15) is 14.8 Å². The molecule has 10 heteroatoms. The van der Waals surface area contributed by atoms with E-state index in [4.69, 9.17) is 10.5 Å². The van der Waals surface area contributed by atoms with Crippen LogP contribution in [0.25, 0.3) is 5.57 Å². The lowest BCUT2D eigenvalue weighted by atomic mass is 9.78. The summed E-state index contributed by atoms with van der Waals surface area (Å²) in [6.45, 7) is 3.28. The minimum Gasteiger partial charge on any atom is -0.346 e. The zero-order valence-electron chi connectivity index (χ0n) is 19.6. The summed E-state index contributed by atoms with van der Waals surface area (Å²) >= 11 is 0. The van der Waals surface area contributed by atoms with Crippen molar-refractivity contribution in [1.82, 2.24) is 20.6 Å². The first-order valence-corrected chi connectivity index (χ1v) is 11.1. The normalized spacial score (nSPS) is 22.7. The van der Waals surface area contributed by atoms with Crippen molar-refractivity contribution in [3.8, 4) is 12.3 Å². The number of aliphatic imine (C=N–C) groups is 1. The summed E-state index contributed by atoms with van der Waals surface area (Å²) in [6, 6.07) is 7.17. The van der Waals surface area contributed by atoms with E-state index < -0.39 is 23.8 Å². The molecule has 178 valence electrons. The first-order chi connectivity index (χ1) is 16.3. The third-order valence-corrected chi connectivity index (χ3v) is 6.29. The Hall–Kier alpha value is -3.57. The first kappa shape index (κ1) is 25.1. The van der Waals surface area contributed by atoms with Crippen molar-refractivity contribution < 1.29 is 14.8 Å². The Kier molecular flexibility index (Phi) is 8.13. The summed E-state index contributed by atoms with van der Waals surface area (Å²) < 4.78 is 0. The van der Waals surface area contributed by atoms with Crippen molar-refractivity contribution in [3.63, 3.8) is 0 Å². The summed E-state index contributed by atoms with van der Waals surface area (Å²) in [7, 11) is 3.11. The van der Waals surface area contributed by atoms with Gasteiger partial charge in [0.15, 0.2) is 5.78 Å². The van der Waals surface area contributed by atoms with Crippen LogP contribution in [-0.2, 0) is 9.59 Å². The fraction of sp³-hybridized carbons (Fsp3) is 0.458. The molecule has 3 atom stereocenters. The number of hydrogen-bond acceptors (Lipinski definition) is 8. The molecule has 1 saturated heterocycles. The van der Waals surface area contributed by atoms with Crippen LogP contribution >= 0.6 is 0 Å². The molecule has 3 rings (SSSR count). The Morgan fingerprint density at radius 3 is 2.65 bits per heavy atom. The fourth-order valence-electron chi connectivity index (χ4n) is 4.57. The van der Waals surface area contributed by atoms with Gasteiger partial charge in [-0.1, -0.05) is 12.1 Å². The first-order valence-electron chi connectivity index (χ1n) is 11.1. The molecule has 0 spiro atoms. The lowest BCUT2D eigenvalue weighted by molar-refractivity contribution is -0.160. The monoisotopic (exact) mass is 463 g/mol. The van der Waals surface area contributed by atoms with E-state index >= 15 is 0 Å². The van der Waals surface area contributed by atoms with Gasteiger partial charge in [-0.3, -0.25) is 14.8 Å². The number of nitrogens with zero attached hydrogens (tertiary/aromatic N) is 5. The summed E-state index contributed by atoms with van der Waals surface area (Å²) in [6.07, 6.45) is 4.56. The van der Waals surface area contributed by atoms with Crippen LogP contribution in [0, 0.1) is 41.5 Å². The Bertz CT molecular complexity index is 1100. The van der Waals surface area contributed by atoms with E-state index in [2.05, 4.69) is 21.7 Å². The lowest BCUT2D eigenvalue weighted by Gasteiger charge is -2.35. The molecular formula is C24H29N7O3. The zero-order valence-corrected chi connectivity index (χ0v) is 19.6. The molecule has 2 heterocycles. The predicted molar refractivity (Wildman–Crippen MR) is 125 cm³/mol. The molecule has 0 saturated carbocycles. The Morgan fingerprint density at radius 1 is 1.24 bits per heavy atom. The highest BCUT2D eigenvalue weighted by atomic mass is 16.5. The molecule has 1 amide bonds. The van der Waals surface area contributed by atoms with Gasteiger partial charge >= 0.3 is 0 Å². The average Bonchev–Trinajstić information content (AvgIpc) is 2.85. The third-order valence-electron chi connectivity index (χ3n) is 6.29. The lowest BCUT2D eigenvalue weighted by Crippen LogP contribution is -2.54. The van der Waals surface area contributed by atoms with Gasteiger partial charge in [-0.25, -0.2) is 0 Å². The van der Waals surface area contributed by atoms with Crippen LogP contribution in [0.5, 0.6) is 0 Å². The van der Waals surface area contributed by atoms with Crippen LogP contribution in [0.2, 0.25) is 0 Å². The maximum atomic E-state index is 13.6. The van der Waals surface area contributed by atoms with Gasteiger partial charge in [0.25, 0.3) is 5.91 Å². The summed E-state index contributed by atoms with van der Waals surface area (Å²) in [4.78, 5) is 31.6. The number of guanidine groups is 1. The molecule has 0 aliphatic carbocycles. The molecule has 1 aromatic rings. The maximum Gasteiger partial charge on any atom is 0.258 e. The van der Waals surface area contributed by atoms with E-state index in [0.717, 1.165) is 16.7 Å². The number of ketones is 1. The smallest absolute Gasteiger partial charge is 0.258 e. The number of nitriles is 2. The van der Waals surface area contributed by atoms with Crippen molar-refractivity contribution in [1.29, 1.82) is 10.5 Å². The molecule has 34 heavy (non-hydrogen) atoms. The number of benzene rings is 1. The number of carbonyl (C=O) groups is 2. The summed E-state index contributed by atoms with van der Waals surface area (Å²) in [5.41, 5.74) is 3.58. The largest absolute Gasteiger partial charge is 0.346 e. The number of Topliss-reactive ketones (excluding diaryl/α,β-unsaturated/α-hetero) is 1. The Morgan fingerprint density at radius 2 is 2.00 bits per heavy atom. The van der Waals surface area contributed by atoms with Crippen LogP contribution in [-0.4, -0.2) is 72.6 Å². The zero-order chi connectivity index (χ0) is 24.8. The topological polar surface area (TPSA) is 145 Å². The average molecular weight is 464 g/mol. The summed E-state index contributed by atoms with van der Waals surface area (Å²) in [5.74, 6) is -2.34. The van der Waals surface area contributed by atoms with E-state index in [-0.39, 0.29) is 18.3 Å². The van der Waals surface area contributed by atoms with Crippen LogP contribution in [0.15, 0.2) is 29.3 Å². The molecular weight excluding hydrogens is 434 g/mol. The standard InChI is InChI=1S/C24H29N7O3/c1-15-10-16(12-25)4-5-18(15)17-6-9-28-21(11-17)22(32)19-7-8-27-13-20(19)23(33)31(34)24(29-14-26)30(2)3/h4-6,10,19-21,27-28,34H,7-9,11,13H2,1-3H3/t19-,20-,21?/m0/s1. The molecule has 3 N–H and O–H groups in total. The molecule has 0 bridgehead atoms.